The first-order valence-electron chi connectivity index (χ1n) is 7.56. The molecule has 0 aromatic carbocycles. The van der Waals surface area contributed by atoms with Gasteiger partial charge in [0.2, 0.25) is 0 Å². The van der Waals surface area contributed by atoms with Crippen LogP contribution in [0.4, 0.5) is 4.79 Å². The van der Waals surface area contributed by atoms with Gasteiger partial charge in [-0.15, -0.1) is 6.58 Å². The number of urea groups is 1. The highest BCUT2D eigenvalue weighted by atomic mass is 16.4. The van der Waals surface area contributed by atoms with Crippen molar-refractivity contribution in [3.63, 3.8) is 0 Å². The molecule has 0 aliphatic heterocycles. The van der Waals surface area contributed by atoms with Crippen molar-refractivity contribution < 1.29 is 14.7 Å². The number of hydrogen-bond acceptors (Lipinski definition) is 2. The summed E-state index contributed by atoms with van der Waals surface area (Å²) in [6, 6.07) is -0.334. The smallest absolute Gasteiger partial charge is 0.329 e. The number of carboxylic acids is 1. The molecule has 1 fully saturated rings. The number of hydrogen-bond donors (Lipinski definition) is 2. The van der Waals surface area contributed by atoms with E-state index in [0.717, 1.165) is 12.8 Å². The molecule has 5 heteroatoms. The Morgan fingerprint density at radius 2 is 1.90 bits per heavy atom. The molecule has 0 aromatic rings. The zero-order valence-corrected chi connectivity index (χ0v) is 13.6. The van der Waals surface area contributed by atoms with Crippen LogP contribution in [0, 0.1) is 5.92 Å². The van der Waals surface area contributed by atoms with Crippen LogP contribution in [0.15, 0.2) is 12.7 Å². The summed E-state index contributed by atoms with van der Waals surface area (Å²) in [5.41, 5.74) is -1.52. The van der Waals surface area contributed by atoms with Gasteiger partial charge in [-0.2, -0.15) is 0 Å². The van der Waals surface area contributed by atoms with Gasteiger partial charge in [0.15, 0.2) is 0 Å². The molecule has 120 valence electrons. The first kappa shape index (κ1) is 17.5. The summed E-state index contributed by atoms with van der Waals surface area (Å²) in [4.78, 5) is 25.9. The highest BCUT2D eigenvalue weighted by Crippen LogP contribution is 2.32. The molecule has 0 heterocycles. The topological polar surface area (TPSA) is 69.6 Å². The van der Waals surface area contributed by atoms with Gasteiger partial charge in [0.1, 0.15) is 5.54 Å². The van der Waals surface area contributed by atoms with Gasteiger partial charge in [-0.05, 0) is 52.4 Å². The summed E-state index contributed by atoms with van der Waals surface area (Å²) >= 11 is 0. The second-order valence-corrected chi connectivity index (χ2v) is 7.07. The van der Waals surface area contributed by atoms with Gasteiger partial charge in [-0.3, -0.25) is 0 Å². The van der Waals surface area contributed by atoms with Crippen LogP contribution in [0.2, 0.25) is 0 Å². The molecule has 0 atom stereocenters. The summed E-state index contributed by atoms with van der Waals surface area (Å²) < 4.78 is 0. The van der Waals surface area contributed by atoms with E-state index < -0.39 is 11.5 Å². The SMILES string of the molecule is C=CCN(C(=O)NC1(C(=O)O)CCC(C)CC1)C(C)(C)C. The van der Waals surface area contributed by atoms with Crippen LogP contribution >= 0.6 is 0 Å². The molecule has 1 aliphatic carbocycles. The maximum absolute atomic E-state index is 12.5. The Bertz CT molecular complexity index is 404. The second kappa shape index (κ2) is 6.50. The largest absolute Gasteiger partial charge is 0.480 e. The zero-order valence-electron chi connectivity index (χ0n) is 13.6. The number of carboxylic acid groups (broad SMARTS) is 1. The van der Waals surface area contributed by atoms with Crippen molar-refractivity contribution >= 4 is 12.0 Å². The van der Waals surface area contributed by atoms with Crippen LogP contribution < -0.4 is 5.32 Å². The monoisotopic (exact) mass is 296 g/mol. The predicted molar refractivity (Wildman–Crippen MR) is 83.2 cm³/mol. The lowest BCUT2D eigenvalue weighted by molar-refractivity contribution is -0.146. The van der Waals surface area contributed by atoms with E-state index in [1.807, 2.05) is 20.8 Å². The van der Waals surface area contributed by atoms with E-state index in [-0.39, 0.29) is 11.6 Å². The predicted octanol–water partition coefficient (Wildman–Crippen LogP) is 3.02. The first-order valence-corrected chi connectivity index (χ1v) is 7.56. The van der Waals surface area contributed by atoms with Gasteiger partial charge in [0.05, 0.1) is 0 Å². The number of nitrogens with zero attached hydrogens (tertiary/aromatic N) is 1. The van der Waals surface area contributed by atoms with Crippen LogP contribution in [-0.4, -0.2) is 39.6 Å². The van der Waals surface area contributed by atoms with Crippen molar-refractivity contribution in [2.75, 3.05) is 6.54 Å². The molecule has 1 saturated carbocycles. The number of amides is 2. The summed E-state index contributed by atoms with van der Waals surface area (Å²) in [5.74, 6) is -0.420. The van der Waals surface area contributed by atoms with E-state index in [2.05, 4.69) is 18.8 Å². The van der Waals surface area contributed by atoms with Crippen molar-refractivity contribution in [1.82, 2.24) is 10.2 Å². The van der Waals surface area contributed by atoms with Crippen LogP contribution in [0.3, 0.4) is 0 Å². The fraction of sp³-hybridized carbons (Fsp3) is 0.750. The van der Waals surface area contributed by atoms with Crippen molar-refractivity contribution in [2.45, 2.75) is 64.5 Å². The second-order valence-electron chi connectivity index (χ2n) is 7.07. The Kier molecular flexibility index (Phi) is 5.42. The lowest BCUT2D eigenvalue weighted by Gasteiger charge is -2.41. The van der Waals surface area contributed by atoms with E-state index in [1.54, 1.807) is 11.0 Å². The fourth-order valence-corrected chi connectivity index (χ4v) is 2.71. The highest BCUT2D eigenvalue weighted by molar-refractivity contribution is 5.86. The van der Waals surface area contributed by atoms with Crippen molar-refractivity contribution in [2.24, 2.45) is 5.92 Å². The lowest BCUT2D eigenvalue weighted by Crippen LogP contribution is -2.61. The minimum Gasteiger partial charge on any atom is -0.480 e. The molecule has 2 N–H and O–H groups in total. The standard InChI is InChI=1S/C16H28N2O3/c1-6-11-18(15(3,4)5)14(21)17-16(13(19)20)9-7-12(2)8-10-16/h6,12H,1,7-11H2,2-5H3,(H,17,21)(H,19,20). The Morgan fingerprint density at radius 3 is 2.29 bits per heavy atom. The minimum absolute atomic E-state index is 0.334. The molecule has 21 heavy (non-hydrogen) atoms. The van der Waals surface area contributed by atoms with Gasteiger partial charge < -0.3 is 15.3 Å². The van der Waals surface area contributed by atoms with Crippen LogP contribution in [0.25, 0.3) is 0 Å². The molecule has 0 radical (unpaired) electrons. The molecule has 2 amide bonds. The van der Waals surface area contributed by atoms with Gasteiger partial charge in [0.25, 0.3) is 0 Å². The Morgan fingerprint density at radius 1 is 1.38 bits per heavy atom. The summed E-state index contributed by atoms with van der Waals surface area (Å²) in [7, 11) is 0. The fourth-order valence-electron chi connectivity index (χ4n) is 2.71. The summed E-state index contributed by atoms with van der Waals surface area (Å²) in [5, 5.41) is 12.4. The maximum atomic E-state index is 12.5. The number of rotatable bonds is 4. The molecule has 0 spiro atoms. The van der Waals surface area contributed by atoms with Crippen molar-refractivity contribution in [3.8, 4) is 0 Å². The molecule has 0 unspecified atom stereocenters. The molecule has 5 nitrogen and oxygen atoms in total. The van der Waals surface area contributed by atoms with Crippen LogP contribution in [0.5, 0.6) is 0 Å². The van der Waals surface area contributed by atoms with Crippen molar-refractivity contribution in [3.05, 3.63) is 12.7 Å². The van der Waals surface area contributed by atoms with Gasteiger partial charge in [0, 0.05) is 12.1 Å². The Hall–Kier alpha value is -1.52. The third-order valence-electron chi connectivity index (χ3n) is 4.25. The normalized spacial score (nSPS) is 26.0. The highest BCUT2D eigenvalue weighted by Gasteiger charge is 2.44. The average Bonchev–Trinajstić information content (AvgIpc) is 2.37. The van der Waals surface area contributed by atoms with E-state index in [4.69, 9.17) is 0 Å². The molecule has 1 aliphatic rings. The van der Waals surface area contributed by atoms with E-state index in [1.165, 1.54) is 0 Å². The molecule has 0 aromatic heterocycles. The maximum Gasteiger partial charge on any atom is 0.329 e. The number of aliphatic carboxylic acids is 1. The minimum atomic E-state index is -1.13. The molecule has 0 saturated heterocycles. The van der Waals surface area contributed by atoms with Crippen molar-refractivity contribution in [1.29, 1.82) is 0 Å². The zero-order chi connectivity index (χ0) is 16.3. The first-order chi connectivity index (χ1) is 9.62. The van der Waals surface area contributed by atoms with E-state index in [9.17, 15) is 14.7 Å². The lowest BCUT2D eigenvalue weighted by atomic mass is 9.77. The quantitative estimate of drug-likeness (QED) is 0.783. The summed E-state index contributed by atoms with van der Waals surface area (Å²) in [6.07, 6.45) is 4.27. The van der Waals surface area contributed by atoms with Crippen LogP contribution in [0.1, 0.15) is 53.4 Å². The summed E-state index contributed by atoms with van der Waals surface area (Å²) in [6.45, 7) is 11.9. The molecule has 1 rings (SSSR count). The van der Waals surface area contributed by atoms with Gasteiger partial charge >= 0.3 is 12.0 Å². The third kappa shape index (κ3) is 4.22. The van der Waals surface area contributed by atoms with Gasteiger partial charge in [-0.1, -0.05) is 13.0 Å². The third-order valence-corrected chi connectivity index (χ3v) is 4.25. The molecular formula is C16H28N2O3. The Balaban J connectivity index is 2.90. The van der Waals surface area contributed by atoms with E-state index >= 15 is 0 Å². The molecule has 0 bridgehead atoms. The number of nitrogens with one attached hydrogen (secondary N) is 1. The van der Waals surface area contributed by atoms with Gasteiger partial charge in [-0.25, -0.2) is 9.59 Å². The van der Waals surface area contributed by atoms with Crippen LogP contribution in [-0.2, 0) is 4.79 Å². The number of carbonyl (C=O) groups is 2. The number of carbonyl (C=O) groups excluding carboxylic acids is 1. The molecular weight excluding hydrogens is 268 g/mol. The average molecular weight is 296 g/mol. The van der Waals surface area contributed by atoms with E-state index in [0.29, 0.717) is 25.3 Å². The Labute approximate surface area is 127 Å².